The lowest BCUT2D eigenvalue weighted by Crippen LogP contribution is -2.22. The number of nitrogens with one attached hydrogen (secondary N) is 2. The fourth-order valence-corrected chi connectivity index (χ4v) is 2.45. The van der Waals surface area contributed by atoms with Crippen molar-refractivity contribution in [1.29, 1.82) is 0 Å². The zero-order valence-electron chi connectivity index (χ0n) is 13.3. The van der Waals surface area contributed by atoms with Gasteiger partial charge in [0.2, 0.25) is 5.91 Å². The third-order valence-corrected chi connectivity index (χ3v) is 3.77. The highest BCUT2D eigenvalue weighted by atomic mass is 16.5. The summed E-state index contributed by atoms with van der Waals surface area (Å²) in [7, 11) is 1.62. The second-order valence-corrected chi connectivity index (χ2v) is 5.47. The molecule has 1 amide bonds. The van der Waals surface area contributed by atoms with Crippen molar-refractivity contribution >= 4 is 17.0 Å². The SMILES string of the molecule is COc1ccc(CCC(=O)NCc2ccc3oc(=O)[nH]c3c2)cc1. The summed E-state index contributed by atoms with van der Waals surface area (Å²) in [5.74, 6) is 0.299. The van der Waals surface area contributed by atoms with Gasteiger partial charge in [-0.2, -0.15) is 0 Å². The molecule has 6 heteroatoms. The molecule has 0 aliphatic rings. The maximum Gasteiger partial charge on any atom is 0.417 e. The lowest BCUT2D eigenvalue weighted by molar-refractivity contribution is -0.121. The highest BCUT2D eigenvalue weighted by molar-refractivity contribution is 5.77. The molecule has 0 saturated heterocycles. The molecule has 2 aromatic carbocycles. The minimum absolute atomic E-state index is 0.0217. The van der Waals surface area contributed by atoms with Crippen LogP contribution in [0.4, 0.5) is 0 Å². The van der Waals surface area contributed by atoms with Crippen LogP contribution in [0.5, 0.6) is 5.75 Å². The van der Waals surface area contributed by atoms with Crippen molar-refractivity contribution in [2.24, 2.45) is 0 Å². The van der Waals surface area contributed by atoms with E-state index in [-0.39, 0.29) is 5.91 Å². The van der Waals surface area contributed by atoms with Gasteiger partial charge < -0.3 is 14.5 Å². The van der Waals surface area contributed by atoms with Crippen molar-refractivity contribution in [1.82, 2.24) is 10.3 Å². The van der Waals surface area contributed by atoms with Gasteiger partial charge in [-0.3, -0.25) is 9.78 Å². The van der Waals surface area contributed by atoms with E-state index in [4.69, 9.17) is 9.15 Å². The van der Waals surface area contributed by atoms with E-state index in [2.05, 4.69) is 10.3 Å². The fourth-order valence-electron chi connectivity index (χ4n) is 2.45. The van der Waals surface area contributed by atoms with Crippen LogP contribution in [0, 0.1) is 0 Å². The van der Waals surface area contributed by atoms with Gasteiger partial charge in [0, 0.05) is 13.0 Å². The number of hydrogen-bond donors (Lipinski definition) is 2. The molecule has 1 aromatic heterocycles. The van der Waals surface area contributed by atoms with E-state index in [1.54, 1.807) is 19.2 Å². The van der Waals surface area contributed by atoms with Crippen LogP contribution in [0.1, 0.15) is 17.5 Å². The number of amides is 1. The van der Waals surface area contributed by atoms with Crippen LogP contribution in [0.2, 0.25) is 0 Å². The Bertz CT molecular complexity index is 893. The van der Waals surface area contributed by atoms with Crippen molar-refractivity contribution < 1.29 is 13.9 Å². The Kier molecular flexibility index (Phi) is 4.65. The minimum atomic E-state index is -0.481. The Balaban J connectivity index is 1.51. The number of hydrogen-bond acceptors (Lipinski definition) is 4. The molecule has 3 aromatic rings. The molecule has 0 radical (unpaired) electrons. The van der Waals surface area contributed by atoms with E-state index in [9.17, 15) is 9.59 Å². The van der Waals surface area contributed by atoms with Gasteiger partial charge in [-0.25, -0.2) is 4.79 Å². The van der Waals surface area contributed by atoms with E-state index in [0.29, 0.717) is 30.5 Å². The van der Waals surface area contributed by atoms with Crippen LogP contribution in [0.3, 0.4) is 0 Å². The molecule has 0 aliphatic carbocycles. The summed E-state index contributed by atoms with van der Waals surface area (Å²) < 4.78 is 10.1. The molecule has 6 nitrogen and oxygen atoms in total. The van der Waals surface area contributed by atoms with Crippen LogP contribution in [-0.2, 0) is 17.8 Å². The van der Waals surface area contributed by atoms with E-state index in [0.717, 1.165) is 16.9 Å². The van der Waals surface area contributed by atoms with Crippen molar-refractivity contribution in [3.8, 4) is 5.75 Å². The van der Waals surface area contributed by atoms with Crippen LogP contribution >= 0.6 is 0 Å². The second kappa shape index (κ2) is 7.04. The number of aryl methyl sites for hydroxylation is 1. The van der Waals surface area contributed by atoms with E-state index < -0.39 is 5.76 Å². The molecule has 124 valence electrons. The molecule has 0 spiro atoms. The summed E-state index contributed by atoms with van der Waals surface area (Å²) in [6, 6.07) is 13.0. The van der Waals surface area contributed by atoms with E-state index in [1.165, 1.54) is 0 Å². The third kappa shape index (κ3) is 3.84. The van der Waals surface area contributed by atoms with Crippen LogP contribution in [-0.4, -0.2) is 18.0 Å². The Labute approximate surface area is 138 Å². The quantitative estimate of drug-likeness (QED) is 0.728. The van der Waals surface area contributed by atoms with Crippen molar-refractivity contribution in [3.05, 3.63) is 64.1 Å². The summed E-state index contributed by atoms with van der Waals surface area (Å²) in [4.78, 5) is 25.7. The number of carbonyl (C=O) groups is 1. The number of benzene rings is 2. The maximum atomic E-state index is 12.0. The number of methoxy groups -OCH3 is 1. The Morgan fingerprint density at radius 3 is 2.67 bits per heavy atom. The number of aromatic amines is 1. The monoisotopic (exact) mass is 326 g/mol. The van der Waals surface area contributed by atoms with Crippen LogP contribution in [0.15, 0.2) is 51.7 Å². The molecule has 3 rings (SSSR count). The topological polar surface area (TPSA) is 84.3 Å². The first-order chi connectivity index (χ1) is 11.6. The lowest BCUT2D eigenvalue weighted by Gasteiger charge is -2.06. The Morgan fingerprint density at radius 2 is 1.92 bits per heavy atom. The largest absolute Gasteiger partial charge is 0.497 e. The highest BCUT2D eigenvalue weighted by Gasteiger charge is 2.05. The molecule has 0 saturated carbocycles. The average molecular weight is 326 g/mol. The van der Waals surface area contributed by atoms with Gasteiger partial charge in [-0.15, -0.1) is 0 Å². The van der Waals surface area contributed by atoms with Crippen molar-refractivity contribution in [3.63, 3.8) is 0 Å². The van der Waals surface area contributed by atoms with Crippen LogP contribution < -0.4 is 15.8 Å². The molecule has 0 unspecified atom stereocenters. The molecular weight excluding hydrogens is 308 g/mol. The van der Waals surface area contributed by atoms with Gasteiger partial charge in [0.1, 0.15) is 5.75 Å². The highest BCUT2D eigenvalue weighted by Crippen LogP contribution is 2.13. The predicted octanol–water partition coefficient (Wildman–Crippen LogP) is 2.38. The Hall–Kier alpha value is -3.02. The standard InChI is InChI=1S/C18H18N2O4/c1-23-14-6-2-12(3-7-14)5-9-17(21)19-11-13-4-8-16-15(10-13)20-18(22)24-16/h2-4,6-8,10H,5,9,11H2,1H3,(H,19,21)(H,20,22). The van der Waals surface area contributed by atoms with Gasteiger partial charge in [-0.1, -0.05) is 18.2 Å². The van der Waals surface area contributed by atoms with Crippen molar-refractivity contribution in [2.75, 3.05) is 7.11 Å². The lowest BCUT2D eigenvalue weighted by atomic mass is 10.1. The molecule has 0 bridgehead atoms. The van der Waals surface area contributed by atoms with Gasteiger partial charge >= 0.3 is 5.76 Å². The number of aromatic nitrogens is 1. The molecule has 0 fully saturated rings. The summed E-state index contributed by atoms with van der Waals surface area (Å²) in [5, 5.41) is 2.88. The first-order valence-electron chi connectivity index (χ1n) is 7.65. The molecule has 1 heterocycles. The van der Waals surface area contributed by atoms with Crippen molar-refractivity contribution in [2.45, 2.75) is 19.4 Å². The number of fused-ring (bicyclic) bond motifs is 1. The fraction of sp³-hybridized carbons (Fsp3) is 0.222. The molecular formula is C18H18N2O4. The summed E-state index contributed by atoms with van der Waals surface area (Å²) >= 11 is 0. The van der Waals surface area contributed by atoms with Crippen LogP contribution in [0.25, 0.3) is 11.1 Å². The number of carbonyl (C=O) groups excluding carboxylic acids is 1. The average Bonchev–Trinajstić information content (AvgIpc) is 2.97. The molecule has 24 heavy (non-hydrogen) atoms. The summed E-state index contributed by atoms with van der Waals surface area (Å²) in [6.07, 6.45) is 1.08. The first kappa shape index (κ1) is 15.9. The van der Waals surface area contributed by atoms with Gasteiger partial charge in [0.15, 0.2) is 5.58 Å². The smallest absolute Gasteiger partial charge is 0.417 e. The maximum absolute atomic E-state index is 12.0. The zero-order chi connectivity index (χ0) is 16.9. The van der Waals surface area contributed by atoms with Gasteiger partial charge in [0.25, 0.3) is 0 Å². The summed E-state index contributed by atoms with van der Waals surface area (Å²) in [5.41, 5.74) is 3.13. The second-order valence-electron chi connectivity index (χ2n) is 5.47. The molecule has 0 atom stereocenters. The zero-order valence-corrected chi connectivity index (χ0v) is 13.3. The third-order valence-electron chi connectivity index (χ3n) is 3.77. The Morgan fingerprint density at radius 1 is 1.17 bits per heavy atom. The normalized spacial score (nSPS) is 10.7. The minimum Gasteiger partial charge on any atom is -0.497 e. The number of H-pyrrole nitrogens is 1. The first-order valence-corrected chi connectivity index (χ1v) is 7.65. The predicted molar refractivity (Wildman–Crippen MR) is 90.0 cm³/mol. The number of rotatable bonds is 6. The molecule has 2 N–H and O–H groups in total. The summed E-state index contributed by atoms with van der Waals surface area (Å²) in [6.45, 7) is 0.407. The molecule has 0 aliphatic heterocycles. The van der Waals surface area contributed by atoms with E-state index >= 15 is 0 Å². The number of ether oxygens (including phenoxy) is 1. The van der Waals surface area contributed by atoms with E-state index in [1.807, 2.05) is 30.3 Å². The van der Waals surface area contributed by atoms with Gasteiger partial charge in [0.05, 0.1) is 12.6 Å². The number of oxazole rings is 1. The van der Waals surface area contributed by atoms with Gasteiger partial charge in [-0.05, 0) is 41.8 Å².